The number of hydrogen-bond donors (Lipinski definition) is 0. The van der Waals surface area contributed by atoms with E-state index in [9.17, 15) is 28.1 Å². The first-order chi connectivity index (χ1) is 17.6. The van der Waals surface area contributed by atoms with Gasteiger partial charge in [-0.05, 0) is 53.7 Å². The Balaban J connectivity index is 1.63. The second-order valence-electron chi connectivity index (χ2n) is 7.56. The second kappa shape index (κ2) is 10.6. The third-order valence-corrected chi connectivity index (χ3v) is 7.57. The molecule has 1 aliphatic rings. The van der Waals surface area contributed by atoms with Gasteiger partial charge in [0.25, 0.3) is 16.8 Å². The molecule has 1 heterocycles. The lowest BCUT2D eigenvalue weighted by Crippen LogP contribution is -2.27. The Morgan fingerprint density at radius 3 is 2.35 bits per heavy atom. The highest BCUT2D eigenvalue weighted by Gasteiger charge is 2.35. The van der Waals surface area contributed by atoms with Gasteiger partial charge in [-0.2, -0.15) is 8.42 Å². The molecule has 1 fully saturated rings. The van der Waals surface area contributed by atoms with E-state index in [1.165, 1.54) is 73.8 Å². The van der Waals surface area contributed by atoms with Crippen LogP contribution in [0.4, 0.5) is 10.5 Å². The predicted molar refractivity (Wildman–Crippen MR) is 137 cm³/mol. The summed E-state index contributed by atoms with van der Waals surface area (Å²) in [6.07, 6.45) is 1.34. The molecule has 0 bridgehead atoms. The topological polar surface area (TPSA) is 133 Å². The van der Waals surface area contributed by atoms with Gasteiger partial charge in [0.2, 0.25) is 0 Å². The van der Waals surface area contributed by atoms with E-state index >= 15 is 0 Å². The molecule has 0 aliphatic carbocycles. The van der Waals surface area contributed by atoms with Crippen molar-refractivity contribution >= 4 is 56.4 Å². The van der Waals surface area contributed by atoms with Gasteiger partial charge in [-0.1, -0.05) is 35.9 Å². The van der Waals surface area contributed by atoms with Gasteiger partial charge in [0, 0.05) is 22.7 Å². The molecular weight excluding hydrogens is 544 g/mol. The van der Waals surface area contributed by atoms with Crippen molar-refractivity contribution in [3.8, 4) is 11.5 Å². The summed E-state index contributed by atoms with van der Waals surface area (Å²) in [6.45, 7) is -0.0909. The highest BCUT2D eigenvalue weighted by atomic mass is 35.5. The number of benzene rings is 3. The Morgan fingerprint density at radius 2 is 1.73 bits per heavy atom. The molecule has 1 saturated heterocycles. The molecule has 3 aromatic carbocycles. The number of nitro groups is 1. The summed E-state index contributed by atoms with van der Waals surface area (Å²) in [5.41, 5.74) is 0.600. The lowest BCUT2D eigenvalue weighted by Gasteiger charge is -2.14. The maximum absolute atomic E-state index is 13.0. The van der Waals surface area contributed by atoms with E-state index in [-0.39, 0.29) is 39.1 Å². The molecule has 0 unspecified atom stereocenters. The minimum Gasteiger partial charge on any atom is -0.493 e. The van der Waals surface area contributed by atoms with E-state index < -0.39 is 26.2 Å². The standard InChI is InChI=1S/C24H17ClN2O8S2/c1-34-20-4-2-3-16(22(20)35-37(32,33)19-11-7-17(25)8-12-19)13-21-23(28)26(24(29)36-21)14-15-5-9-18(10-6-15)27(30)31/h2-13H,14H2,1H3/b21-13-. The number of nitro benzene ring substituents is 1. The summed E-state index contributed by atoms with van der Waals surface area (Å²) in [5, 5.41) is 10.6. The summed E-state index contributed by atoms with van der Waals surface area (Å²) in [7, 11) is -2.96. The molecule has 2 amide bonds. The van der Waals surface area contributed by atoms with Crippen LogP contribution in [0.15, 0.2) is 76.5 Å². The lowest BCUT2D eigenvalue weighted by molar-refractivity contribution is -0.384. The monoisotopic (exact) mass is 560 g/mol. The van der Waals surface area contributed by atoms with Gasteiger partial charge >= 0.3 is 10.1 Å². The highest BCUT2D eigenvalue weighted by Crippen LogP contribution is 2.39. The normalized spacial score (nSPS) is 14.8. The average molecular weight is 561 g/mol. The molecule has 0 atom stereocenters. The molecule has 10 nitrogen and oxygen atoms in total. The van der Waals surface area contributed by atoms with Gasteiger partial charge in [-0.25, -0.2) is 0 Å². The van der Waals surface area contributed by atoms with Crippen molar-refractivity contribution in [1.29, 1.82) is 0 Å². The predicted octanol–water partition coefficient (Wildman–Crippen LogP) is 5.26. The van der Waals surface area contributed by atoms with Gasteiger partial charge in [0.05, 0.1) is 23.5 Å². The SMILES string of the molecule is COc1cccc(/C=C2\SC(=O)N(Cc3ccc([N+](=O)[O-])cc3)C2=O)c1OS(=O)(=O)c1ccc(Cl)cc1. The van der Waals surface area contributed by atoms with Crippen molar-refractivity contribution in [3.63, 3.8) is 0 Å². The van der Waals surface area contributed by atoms with Crippen LogP contribution in [-0.4, -0.2) is 36.5 Å². The Hall–Kier alpha value is -3.87. The first kappa shape index (κ1) is 26.2. The molecule has 3 aromatic rings. The number of non-ortho nitro benzene ring substituents is 1. The fraction of sp³-hybridized carbons (Fsp3) is 0.0833. The van der Waals surface area contributed by atoms with Crippen LogP contribution in [0, 0.1) is 10.1 Å². The van der Waals surface area contributed by atoms with Crippen LogP contribution in [0.1, 0.15) is 11.1 Å². The largest absolute Gasteiger partial charge is 0.493 e. The fourth-order valence-corrected chi connectivity index (χ4v) is 5.26. The Morgan fingerprint density at radius 1 is 1.05 bits per heavy atom. The molecule has 0 saturated carbocycles. The third kappa shape index (κ3) is 5.77. The third-order valence-electron chi connectivity index (χ3n) is 5.17. The first-order valence-corrected chi connectivity index (χ1v) is 13.0. The van der Waals surface area contributed by atoms with E-state index in [1.807, 2.05) is 0 Å². The maximum Gasteiger partial charge on any atom is 0.339 e. The number of imide groups is 1. The summed E-state index contributed by atoms with van der Waals surface area (Å²) < 4.78 is 36.4. The van der Waals surface area contributed by atoms with Gasteiger partial charge in [0.1, 0.15) is 4.90 Å². The van der Waals surface area contributed by atoms with Crippen LogP contribution in [-0.2, 0) is 21.5 Å². The number of amides is 2. The smallest absolute Gasteiger partial charge is 0.339 e. The van der Waals surface area contributed by atoms with Crippen LogP contribution in [0.5, 0.6) is 11.5 Å². The minimum absolute atomic E-state index is 0.0360. The van der Waals surface area contributed by atoms with E-state index in [0.717, 1.165) is 4.90 Å². The molecule has 0 spiro atoms. The van der Waals surface area contributed by atoms with Crippen LogP contribution in [0.2, 0.25) is 5.02 Å². The number of nitrogens with zero attached hydrogens (tertiary/aromatic N) is 2. The van der Waals surface area contributed by atoms with E-state index in [2.05, 4.69) is 0 Å². The number of para-hydroxylation sites is 1. The van der Waals surface area contributed by atoms with Crippen molar-refractivity contribution in [2.24, 2.45) is 0 Å². The molecule has 0 radical (unpaired) electrons. The zero-order chi connectivity index (χ0) is 26.7. The number of rotatable bonds is 8. The van der Waals surface area contributed by atoms with E-state index in [4.69, 9.17) is 20.5 Å². The summed E-state index contributed by atoms with van der Waals surface area (Å²) in [5.74, 6) is -0.679. The quantitative estimate of drug-likeness (QED) is 0.156. The van der Waals surface area contributed by atoms with Gasteiger partial charge < -0.3 is 8.92 Å². The Kier molecular flexibility index (Phi) is 7.52. The van der Waals surface area contributed by atoms with Gasteiger partial charge in [0.15, 0.2) is 11.5 Å². The zero-order valence-corrected chi connectivity index (χ0v) is 21.4. The number of carbonyl (C=O) groups excluding carboxylic acids is 2. The number of hydrogen-bond acceptors (Lipinski definition) is 9. The van der Waals surface area contributed by atoms with Crippen LogP contribution < -0.4 is 8.92 Å². The van der Waals surface area contributed by atoms with Gasteiger partial charge in [-0.3, -0.25) is 24.6 Å². The fourth-order valence-electron chi connectivity index (χ4n) is 3.34. The van der Waals surface area contributed by atoms with E-state index in [0.29, 0.717) is 22.3 Å². The number of methoxy groups -OCH3 is 1. The van der Waals surface area contributed by atoms with Crippen LogP contribution >= 0.6 is 23.4 Å². The average Bonchev–Trinajstić information content (AvgIpc) is 3.12. The maximum atomic E-state index is 13.0. The van der Waals surface area contributed by atoms with Crippen LogP contribution in [0.3, 0.4) is 0 Å². The lowest BCUT2D eigenvalue weighted by atomic mass is 10.1. The van der Waals surface area contributed by atoms with E-state index in [1.54, 1.807) is 6.07 Å². The molecule has 190 valence electrons. The Bertz CT molecular complexity index is 1520. The van der Waals surface area contributed by atoms with Crippen molar-refractivity contribution < 1.29 is 31.9 Å². The van der Waals surface area contributed by atoms with Crippen LogP contribution in [0.25, 0.3) is 6.08 Å². The second-order valence-corrected chi connectivity index (χ2v) is 10.5. The zero-order valence-electron chi connectivity index (χ0n) is 19.0. The van der Waals surface area contributed by atoms with Gasteiger partial charge in [-0.15, -0.1) is 0 Å². The molecular formula is C24H17ClN2O8S2. The van der Waals surface area contributed by atoms with Crippen molar-refractivity contribution in [2.75, 3.05) is 7.11 Å². The summed E-state index contributed by atoms with van der Waals surface area (Å²) in [4.78, 5) is 36.8. The highest BCUT2D eigenvalue weighted by molar-refractivity contribution is 8.18. The minimum atomic E-state index is -4.29. The first-order valence-electron chi connectivity index (χ1n) is 10.4. The molecule has 0 aromatic heterocycles. The molecule has 0 N–H and O–H groups in total. The number of ether oxygens (including phenoxy) is 1. The summed E-state index contributed by atoms with van der Waals surface area (Å²) in [6, 6.07) is 15.5. The number of thioether (sulfide) groups is 1. The molecule has 37 heavy (non-hydrogen) atoms. The van der Waals surface area contributed by atoms with Crippen molar-refractivity contribution in [3.05, 3.63) is 97.9 Å². The molecule has 1 aliphatic heterocycles. The number of halogens is 1. The molecule has 13 heteroatoms. The Labute approximate surface area is 220 Å². The number of carbonyl (C=O) groups is 2. The molecule has 4 rings (SSSR count). The summed E-state index contributed by atoms with van der Waals surface area (Å²) >= 11 is 6.51. The van der Waals surface area contributed by atoms with Crippen molar-refractivity contribution in [1.82, 2.24) is 4.90 Å². The van der Waals surface area contributed by atoms with Crippen molar-refractivity contribution in [2.45, 2.75) is 11.4 Å².